The van der Waals surface area contributed by atoms with Crippen LogP contribution in [0.5, 0.6) is 0 Å². The molecule has 3 nitrogen and oxygen atoms in total. The highest BCUT2D eigenvalue weighted by Crippen LogP contribution is 2.32. The molecule has 0 N–H and O–H groups in total. The van der Waals surface area contributed by atoms with Crippen molar-refractivity contribution >= 4 is 16.8 Å². The zero-order valence-corrected chi connectivity index (χ0v) is 10.9. The van der Waals surface area contributed by atoms with Gasteiger partial charge in [-0.1, -0.05) is 13.8 Å². The van der Waals surface area contributed by atoms with Crippen molar-refractivity contribution in [1.82, 2.24) is 9.97 Å². The number of hydrogen-bond donors (Lipinski definition) is 0. The number of nitrogens with zero attached hydrogens (tertiary/aromatic N) is 2. The molecule has 0 unspecified atom stereocenters. The molecule has 1 heterocycles. The summed E-state index contributed by atoms with van der Waals surface area (Å²) >= 11 is 0. The van der Waals surface area contributed by atoms with Crippen molar-refractivity contribution in [3.8, 4) is 0 Å². The van der Waals surface area contributed by atoms with E-state index in [0.717, 1.165) is 0 Å². The van der Waals surface area contributed by atoms with E-state index in [1.54, 1.807) is 0 Å². The number of fused-ring (bicyclic) bond motifs is 1. The Morgan fingerprint density at radius 2 is 1.52 bits per heavy atom. The number of hydrogen-bond acceptors (Lipinski definition) is 3. The molecular formula is C13H9F5N2O. The van der Waals surface area contributed by atoms with Crippen molar-refractivity contribution in [3.05, 3.63) is 35.2 Å². The molecule has 0 spiro atoms. The molecule has 0 bridgehead atoms. The first-order valence-corrected chi connectivity index (χ1v) is 5.89. The molecular weight excluding hydrogens is 295 g/mol. The van der Waals surface area contributed by atoms with Crippen LogP contribution in [-0.2, 0) is 6.18 Å². The Hall–Kier alpha value is -2.12. The third-order valence-electron chi connectivity index (χ3n) is 2.73. The van der Waals surface area contributed by atoms with Crippen LogP contribution in [0.1, 0.15) is 30.0 Å². The lowest BCUT2D eigenvalue weighted by Gasteiger charge is -2.13. The first-order valence-electron chi connectivity index (χ1n) is 5.89. The van der Waals surface area contributed by atoms with Gasteiger partial charge in [0.2, 0.25) is 0 Å². The molecule has 0 aliphatic rings. The van der Waals surface area contributed by atoms with Crippen LogP contribution in [0, 0.1) is 17.6 Å². The highest BCUT2D eigenvalue weighted by atomic mass is 19.4. The third kappa shape index (κ3) is 2.84. The fourth-order valence-corrected chi connectivity index (χ4v) is 1.69. The number of Topliss-reactive ketones (excluding diaryl/α,β-unsaturated/α-hetero) is 1. The van der Waals surface area contributed by atoms with Gasteiger partial charge in [-0.15, -0.1) is 0 Å². The van der Waals surface area contributed by atoms with E-state index < -0.39 is 46.4 Å². The normalized spacial score (nSPS) is 12.2. The van der Waals surface area contributed by atoms with Crippen LogP contribution in [-0.4, -0.2) is 15.8 Å². The van der Waals surface area contributed by atoms with E-state index in [-0.39, 0.29) is 5.52 Å². The van der Waals surface area contributed by atoms with Gasteiger partial charge in [-0.2, -0.15) is 13.2 Å². The average molecular weight is 304 g/mol. The topological polar surface area (TPSA) is 42.9 Å². The van der Waals surface area contributed by atoms with Crippen LogP contribution in [0.4, 0.5) is 22.0 Å². The largest absolute Gasteiger partial charge is 0.435 e. The lowest BCUT2D eigenvalue weighted by atomic mass is 10.0. The molecule has 0 amide bonds. The third-order valence-corrected chi connectivity index (χ3v) is 2.73. The number of benzene rings is 1. The second kappa shape index (κ2) is 5.01. The van der Waals surface area contributed by atoms with Gasteiger partial charge in [0, 0.05) is 18.1 Å². The average Bonchev–Trinajstić information content (AvgIpc) is 2.36. The van der Waals surface area contributed by atoms with Crippen LogP contribution >= 0.6 is 0 Å². The summed E-state index contributed by atoms with van der Waals surface area (Å²) in [7, 11) is 0. The fourth-order valence-electron chi connectivity index (χ4n) is 1.69. The number of aromatic nitrogens is 2. The molecule has 8 heteroatoms. The maximum atomic E-state index is 13.1. The van der Waals surface area contributed by atoms with Gasteiger partial charge >= 0.3 is 6.18 Å². The molecule has 21 heavy (non-hydrogen) atoms. The lowest BCUT2D eigenvalue weighted by Crippen LogP contribution is -2.20. The van der Waals surface area contributed by atoms with Crippen molar-refractivity contribution in [2.45, 2.75) is 20.0 Å². The quantitative estimate of drug-likeness (QED) is 0.626. The number of ketones is 1. The summed E-state index contributed by atoms with van der Waals surface area (Å²) in [6.45, 7) is 2.80. The predicted molar refractivity (Wildman–Crippen MR) is 63.6 cm³/mol. The van der Waals surface area contributed by atoms with Gasteiger partial charge in [-0.25, -0.2) is 18.7 Å². The number of carbonyl (C=O) groups excluding carboxylic acids is 1. The van der Waals surface area contributed by atoms with Crippen LogP contribution in [0.25, 0.3) is 11.0 Å². The van der Waals surface area contributed by atoms with Crippen molar-refractivity contribution in [3.63, 3.8) is 0 Å². The molecule has 2 aromatic rings. The van der Waals surface area contributed by atoms with Gasteiger partial charge in [-0.3, -0.25) is 4.79 Å². The summed E-state index contributed by atoms with van der Waals surface area (Å²) < 4.78 is 65.1. The molecule has 0 radical (unpaired) electrons. The molecule has 2 rings (SSSR count). The van der Waals surface area contributed by atoms with Crippen LogP contribution in [0.2, 0.25) is 0 Å². The van der Waals surface area contributed by atoms with Crippen LogP contribution in [0.15, 0.2) is 12.1 Å². The number of halogens is 5. The zero-order chi connectivity index (χ0) is 15.9. The molecule has 0 atom stereocenters. The molecule has 1 aromatic heterocycles. The zero-order valence-electron chi connectivity index (χ0n) is 10.9. The van der Waals surface area contributed by atoms with Crippen LogP contribution < -0.4 is 0 Å². The first kappa shape index (κ1) is 15.3. The fraction of sp³-hybridized carbons (Fsp3) is 0.308. The minimum absolute atomic E-state index is 0.314. The van der Waals surface area contributed by atoms with Crippen molar-refractivity contribution in [2.75, 3.05) is 0 Å². The Labute approximate surface area is 115 Å². The maximum absolute atomic E-state index is 13.1. The van der Waals surface area contributed by atoms with E-state index >= 15 is 0 Å². The lowest BCUT2D eigenvalue weighted by molar-refractivity contribution is -0.141. The summed E-state index contributed by atoms with van der Waals surface area (Å²) in [6.07, 6.45) is -4.92. The Kier molecular flexibility index (Phi) is 3.65. The Balaban J connectivity index is 2.81. The Morgan fingerprint density at radius 3 is 1.95 bits per heavy atom. The van der Waals surface area contributed by atoms with Crippen molar-refractivity contribution in [2.24, 2.45) is 5.92 Å². The summed E-state index contributed by atoms with van der Waals surface area (Å²) in [5.74, 6) is -4.24. The number of rotatable bonds is 2. The van der Waals surface area contributed by atoms with Gasteiger partial charge in [0.1, 0.15) is 5.69 Å². The van der Waals surface area contributed by atoms with Gasteiger partial charge < -0.3 is 0 Å². The van der Waals surface area contributed by atoms with Crippen molar-refractivity contribution in [1.29, 1.82) is 0 Å². The van der Waals surface area contributed by atoms with Crippen molar-refractivity contribution < 1.29 is 26.7 Å². The van der Waals surface area contributed by atoms with Crippen LogP contribution in [0.3, 0.4) is 0 Å². The van der Waals surface area contributed by atoms with E-state index in [1.807, 2.05) is 0 Å². The molecule has 0 saturated carbocycles. The van der Waals surface area contributed by atoms with Gasteiger partial charge in [0.05, 0.1) is 11.0 Å². The monoisotopic (exact) mass is 304 g/mol. The summed E-state index contributed by atoms with van der Waals surface area (Å²) in [5.41, 5.74) is -3.18. The molecule has 112 valence electrons. The standard InChI is InChI=1S/C13H9F5N2O/c1-5(2)11(21)10-12(13(16,17)18)20-9-4-7(15)6(14)3-8(9)19-10/h3-5H,1-2H3. The second-order valence-electron chi connectivity index (χ2n) is 4.69. The number of carbonyl (C=O) groups is 1. The Morgan fingerprint density at radius 1 is 1.05 bits per heavy atom. The summed E-state index contributed by atoms with van der Waals surface area (Å²) in [4.78, 5) is 18.6. The number of alkyl halides is 3. The van der Waals surface area contributed by atoms with Gasteiger partial charge in [-0.05, 0) is 0 Å². The van der Waals surface area contributed by atoms with Gasteiger partial charge in [0.25, 0.3) is 0 Å². The minimum atomic E-state index is -4.92. The summed E-state index contributed by atoms with van der Waals surface area (Å²) in [6, 6.07) is 1.12. The van der Waals surface area contributed by atoms with E-state index in [0.29, 0.717) is 12.1 Å². The summed E-state index contributed by atoms with van der Waals surface area (Å²) in [5, 5.41) is 0. The smallest absolute Gasteiger partial charge is 0.292 e. The SMILES string of the molecule is CC(C)C(=O)c1nc2cc(F)c(F)cc2nc1C(F)(F)F. The van der Waals surface area contributed by atoms with E-state index in [2.05, 4.69) is 9.97 Å². The van der Waals surface area contributed by atoms with E-state index in [1.165, 1.54) is 13.8 Å². The molecule has 0 fully saturated rings. The highest BCUT2D eigenvalue weighted by Gasteiger charge is 2.39. The Bertz CT molecular complexity index is 725. The molecule has 0 saturated heterocycles. The van der Waals surface area contributed by atoms with E-state index in [4.69, 9.17) is 0 Å². The molecule has 0 aliphatic carbocycles. The van der Waals surface area contributed by atoms with Gasteiger partial charge in [0.15, 0.2) is 23.1 Å². The molecule has 1 aromatic carbocycles. The van der Waals surface area contributed by atoms with E-state index in [9.17, 15) is 26.7 Å². The predicted octanol–water partition coefficient (Wildman–Crippen LogP) is 3.77. The minimum Gasteiger partial charge on any atom is -0.292 e. The molecule has 0 aliphatic heterocycles. The first-order chi connectivity index (χ1) is 9.61. The highest BCUT2D eigenvalue weighted by molar-refractivity contribution is 5.98. The maximum Gasteiger partial charge on any atom is 0.435 e. The second-order valence-corrected chi connectivity index (χ2v) is 4.69.